The molecule has 0 saturated heterocycles. The molecule has 0 amide bonds. The van der Waals surface area contributed by atoms with Crippen LogP contribution < -0.4 is 9.47 Å². The first-order chi connectivity index (χ1) is 14.1. The molecule has 0 N–H and O–H groups in total. The first kappa shape index (κ1) is 19.3. The number of esters is 2. The van der Waals surface area contributed by atoms with Crippen molar-refractivity contribution >= 4 is 11.9 Å². The Kier molecular flexibility index (Phi) is 5.69. The fraction of sp³-hybridized carbons (Fsp3) is 0.391. The van der Waals surface area contributed by atoms with Crippen LogP contribution in [0.25, 0.3) is 0 Å². The first-order valence-corrected chi connectivity index (χ1v) is 9.90. The standard InChI is InChI=1S/C23H24O6/c1-26-23(25)22(16-4-8-18(9-5-16)28-20-12-13-20)29-21(24)14-15-2-6-17(7-3-15)27-19-10-11-19/h2-9,19-20,22H,10-14H2,1H3. The lowest BCUT2D eigenvalue weighted by Crippen LogP contribution is -2.22. The highest BCUT2D eigenvalue weighted by atomic mass is 16.6. The van der Waals surface area contributed by atoms with Crippen LogP contribution in [0.3, 0.4) is 0 Å². The molecule has 2 aliphatic carbocycles. The van der Waals surface area contributed by atoms with Gasteiger partial charge in [0.05, 0.1) is 25.7 Å². The van der Waals surface area contributed by atoms with Crippen molar-refractivity contribution in [3.63, 3.8) is 0 Å². The Morgan fingerprint density at radius 3 is 1.86 bits per heavy atom. The third kappa shape index (κ3) is 5.50. The van der Waals surface area contributed by atoms with Gasteiger partial charge in [-0.15, -0.1) is 0 Å². The van der Waals surface area contributed by atoms with Crippen molar-refractivity contribution in [3.8, 4) is 11.5 Å². The van der Waals surface area contributed by atoms with Gasteiger partial charge in [-0.1, -0.05) is 24.3 Å². The molecular formula is C23H24O6. The lowest BCUT2D eigenvalue weighted by atomic mass is 10.1. The van der Waals surface area contributed by atoms with E-state index in [1.165, 1.54) is 7.11 Å². The topological polar surface area (TPSA) is 71.1 Å². The molecule has 0 heterocycles. The van der Waals surface area contributed by atoms with Gasteiger partial charge in [-0.25, -0.2) is 4.79 Å². The highest BCUT2D eigenvalue weighted by Gasteiger charge is 2.27. The van der Waals surface area contributed by atoms with E-state index in [-0.39, 0.29) is 12.5 Å². The molecule has 2 fully saturated rings. The second kappa shape index (κ2) is 8.55. The van der Waals surface area contributed by atoms with Gasteiger partial charge in [-0.2, -0.15) is 0 Å². The Morgan fingerprint density at radius 2 is 1.38 bits per heavy atom. The van der Waals surface area contributed by atoms with Crippen molar-refractivity contribution in [1.82, 2.24) is 0 Å². The number of hydrogen-bond acceptors (Lipinski definition) is 6. The second-order valence-electron chi connectivity index (χ2n) is 7.42. The molecular weight excluding hydrogens is 372 g/mol. The van der Waals surface area contributed by atoms with Crippen LogP contribution in [0.2, 0.25) is 0 Å². The van der Waals surface area contributed by atoms with Gasteiger partial charge in [0.25, 0.3) is 0 Å². The monoisotopic (exact) mass is 396 g/mol. The Bertz CT molecular complexity index is 850. The second-order valence-corrected chi connectivity index (χ2v) is 7.42. The molecule has 6 heteroatoms. The fourth-order valence-corrected chi connectivity index (χ4v) is 2.86. The molecule has 0 spiro atoms. The lowest BCUT2D eigenvalue weighted by molar-refractivity contribution is -0.166. The zero-order chi connectivity index (χ0) is 20.2. The van der Waals surface area contributed by atoms with Crippen molar-refractivity contribution in [1.29, 1.82) is 0 Å². The molecule has 152 valence electrons. The highest BCUT2D eigenvalue weighted by molar-refractivity contribution is 5.81. The van der Waals surface area contributed by atoms with Crippen LogP contribution in [0.1, 0.15) is 42.9 Å². The van der Waals surface area contributed by atoms with Crippen LogP contribution in [0.4, 0.5) is 0 Å². The molecule has 29 heavy (non-hydrogen) atoms. The van der Waals surface area contributed by atoms with E-state index >= 15 is 0 Å². The van der Waals surface area contributed by atoms with E-state index in [9.17, 15) is 9.59 Å². The first-order valence-electron chi connectivity index (χ1n) is 9.90. The maximum atomic E-state index is 12.4. The number of hydrogen-bond donors (Lipinski definition) is 0. The molecule has 2 saturated carbocycles. The van der Waals surface area contributed by atoms with Crippen LogP contribution >= 0.6 is 0 Å². The van der Waals surface area contributed by atoms with Gasteiger partial charge in [0.2, 0.25) is 6.10 Å². The molecule has 1 atom stereocenters. The van der Waals surface area contributed by atoms with E-state index in [1.807, 2.05) is 24.3 Å². The quantitative estimate of drug-likeness (QED) is 0.601. The predicted octanol–water partition coefficient (Wildman–Crippen LogP) is 3.77. The number of benzene rings is 2. The Morgan fingerprint density at radius 1 is 0.862 bits per heavy atom. The zero-order valence-corrected chi connectivity index (χ0v) is 16.3. The number of ether oxygens (including phenoxy) is 4. The van der Waals surface area contributed by atoms with Gasteiger partial charge in [0.1, 0.15) is 11.5 Å². The normalized spacial score (nSPS) is 16.6. The average Bonchev–Trinajstić information content (AvgIpc) is 3.65. The third-order valence-electron chi connectivity index (χ3n) is 4.77. The summed E-state index contributed by atoms with van der Waals surface area (Å²) in [6.07, 6.45) is 3.88. The summed E-state index contributed by atoms with van der Waals surface area (Å²) in [5, 5.41) is 0. The summed E-state index contributed by atoms with van der Waals surface area (Å²) < 4.78 is 21.7. The molecule has 2 aromatic rings. The molecule has 0 radical (unpaired) electrons. The minimum absolute atomic E-state index is 0.0556. The van der Waals surface area contributed by atoms with E-state index < -0.39 is 18.0 Å². The largest absolute Gasteiger partial charge is 0.490 e. The van der Waals surface area contributed by atoms with Crippen molar-refractivity contribution in [2.24, 2.45) is 0 Å². The molecule has 1 unspecified atom stereocenters. The minimum Gasteiger partial charge on any atom is -0.490 e. The van der Waals surface area contributed by atoms with Crippen LogP contribution in [-0.4, -0.2) is 31.3 Å². The predicted molar refractivity (Wildman–Crippen MR) is 105 cm³/mol. The molecule has 2 aliphatic rings. The summed E-state index contributed by atoms with van der Waals surface area (Å²) in [4.78, 5) is 24.6. The molecule has 0 aromatic heterocycles. The molecule has 4 rings (SSSR count). The maximum Gasteiger partial charge on any atom is 0.351 e. The molecule has 0 bridgehead atoms. The van der Waals surface area contributed by atoms with Gasteiger partial charge in [-0.05, 0) is 55.5 Å². The van der Waals surface area contributed by atoms with Crippen molar-refractivity contribution in [2.45, 2.75) is 50.4 Å². The van der Waals surface area contributed by atoms with Gasteiger partial charge in [0, 0.05) is 5.56 Å². The Hall–Kier alpha value is -3.02. The number of rotatable bonds is 9. The smallest absolute Gasteiger partial charge is 0.351 e. The number of carbonyl (C=O) groups is 2. The van der Waals surface area contributed by atoms with Gasteiger partial charge in [0.15, 0.2) is 0 Å². The Balaban J connectivity index is 1.37. The van der Waals surface area contributed by atoms with Crippen LogP contribution in [0.15, 0.2) is 48.5 Å². The summed E-state index contributed by atoms with van der Waals surface area (Å²) in [7, 11) is 1.27. The summed E-state index contributed by atoms with van der Waals surface area (Å²) in [6, 6.07) is 14.3. The third-order valence-corrected chi connectivity index (χ3v) is 4.77. The van der Waals surface area contributed by atoms with Crippen molar-refractivity contribution < 1.29 is 28.5 Å². The fourth-order valence-electron chi connectivity index (χ4n) is 2.86. The van der Waals surface area contributed by atoms with Crippen LogP contribution in [0, 0.1) is 0 Å². The minimum atomic E-state index is -1.11. The van der Waals surface area contributed by atoms with Gasteiger partial charge >= 0.3 is 11.9 Å². The Labute approximate surface area is 169 Å². The average molecular weight is 396 g/mol. The summed E-state index contributed by atoms with van der Waals surface area (Å²) in [5.74, 6) is 0.405. The number of carbonyl (C=O) groups excluding carboxylic acids is 2. The summed E-state index contributed by atoms with van der Waals surface area (Å²) in [6.45, 7) is 0. The maximum absolute atomic E-state index is 12.4. The summed E-state index contributed by atoms with van der Waals surface area (Å²) >= 11 is 0. The molecule has 2 aromatic carbocycles. The number of methoxy groups -OCH3 is 1. The zero-order valence-electron chi connectivity index (χ0n) is 16.3. The van der Waals surface area contributed by atoms with E-state index in [1.54, 1.807) is 24.3 Å². The van der Waals surface area contributed by atoms with Crippen LogP contribution in [0.5, 0.6) is 11.5 Å². The lowest BCUT2D eigenvalue weighted by Gasteiger charge is -2.17. The summed E-state index contributed by atoms with van der Waals surface area (Å²) in [5.41, 5.74) is 1.33. The van der Waals surface area contributed by atoms with E-state index in [4.69, 9.17) is 18.9 Å². The van der Waals surface area contributed by atoms with E-state index in [0.717, 1.165) is 42.7 Å². The van der Waals surface area contributed by atoms with Crippen LogP contribution in [-0.2, 0) is 25.5 Å². The van der Waals surface area contributed by atoms with Gasteiger partial charge in [-0.3, -0.25) is 4.79 Å². The van der Waals surface area contributed by atoms with Gasteiger partial charge < -0.3 is 18.9 Å². The molecule has 6 nitrogen and oxygen atoms in total. The van der Waals surface area contributed by atoms with Crippen molar-refractivity contribution in [3.05, 3.63) is 59.7 Å². The SMILES string of the molecule is COC(=O)C(OC(=O)Cc1ccc(OC2CC2)cc1)c1ccc(OC2CC2)cc1. The highest BCUT2D eigenvalue weighted by Crippen LogP contribution is 2.29. The van der Waals surface area contributed by atoms with Crippen molar-refractivity contribution in [2.75, 3.05) is 7.11 Å². The van der Waals surface area contributed by atoms with E-state index in [0.29, 0.717) is 11.7 Å². The van der Waals surface area contributed by atoms with E-state index in [2.05, 4.69) is 0 Å². The molecule has 0 aliphatic heterocycles.